The van der Waals surface area contributed by atoms with Crippen LogP contribution < -0.4 is 23.8 Å². The lowest BCUT2D eigenvalue weighted by Crippen LogP contribution is -2.30. The molecule has 3 aromatic carbocycles. The number of carbonyl (C=O) groups excluding carboxylic acids is 1. The van der Waals surface area contributed by atoms with Crippen LogP contribution in [0.3, 0.4) is 0 Å². The SMILES string of the molecule is COc1cc(C(=O)Oc2ccc(N(Cc3cccs3)C3=NS(=O)(=O)c4ccccc43)cc2)cc(OC)c1OC. The summed E-state index contributed by atoms with van der Waals surface area (Å²) in [4.78, 5) is 16.0. The molecule has 1 aliphatic heterocycles. The maximum Gasteiger partial charge on any atom is 0.343 e. The zero-order valence-electron chi connectivity index (χ0n) is 21.3. The average molecular weight is 565 g/mol. The van der Waals surface area contributed by atoms with Gasteiger partial charge in [-0.2, -0.15) is 8.42 Å². The number of hydrogen-bond donors (Lipinski definition) is 0. The van der Waals surface area contributed by atoms with Crippen molar-refractivity contribution < 1.29 is 32.2 Å². The predicted octanol–water partition coefficient (Wildman–Crippen LogP) is 5.15. The highest BCUT2D eigenvalue weighted by Crippen LogP contribution is 2.38. The van der Waals surface area contributed by atoms with Gasteiger partial charge in [0.25, 0.3) is 10.0 Å². The van der Waals surface area contributed by atoms with Crippen molar-refractivity contribution in [2.24, 2.45) is 4.40 Å². The minimum atomic E-state index is -3.81. The molecule has 0 bridgehead atoms. The van der Waals surface area contributed by atoms with Crippen LogP contribution in [0.2, 0.25) is 0 Å². The van der Waals surface area contributed by atoms with Crippen molar-refractivity contribution in [2.75, 3.05) is 26.2 Å². The molecule has 0 saturated heterocycles. The van der Waals surface area contributed by atoms with Crippen molar-refractivity contribution in [3.63, 3.8) is 0 Å². The van der Waals surface area contributed by atoms with Crippen LogP contribution >= 0.6 is 11.3 Å². The number of rotatable bonds is 8. The minimum absolute atomic E-state index is 0.173. The Bertz CT molecular complexity index is 1620. The molecule has 0 N–H and O–H groups in total. The molecule has 0 atom stereocenters. The highest BCUT2D eigenvalue weighted by molar-refractivity contribution is 7.90. The Morgan fingerprint density at radius 1 is 0.897 bits per heavy atom. The van der Waals surface area contributed by atoms with E-state index in [-0.39, 0.29) is 10.5 Å². The number of fused-ring (bicyclic) bond motifs is 1. The van der Waals surface area contributed by atoms with Gasteiger partial charge in [0, 0.05) is 16.1 Å². The summed E-state index contributed by atoms with van der Waals surface area (Å²) in [7, 11) is 0.599. The molecule has 39 heavy (non-hydrogen) atoms. The van der Waals surface area contributed by atoms with Crippen LogP contribution in [0.4, 0.5) is 5.69 Å². The van der Waals surface area contributed by atoms with Gasteiger partial charge in [0.1, 0.15) is 10.6 Å². The summed E-state index contributed by atoms with van der Waals surface area (Å²) in [5.41, 5.74) is 1.43. The molecule has 200 valence electrons. The summed E-state index contributed by atoms with van der Waals surface area (Å²) >= 11 is 1.56. The Balaban J connectivity index is 1.44. The maximum absolute atomic E-state index is 12.9. The molecule has 0 radical (unpaired) electrons. The average Bonchev–Trinajstić information content (AvgIpc) is 3.57. The number of amidine groups is 1. The van der Waals surface area contributed by atoms with Gasteiger partial charge >= 0.3 is 5.97 Å². The monoisotopic (exact) mass is 564 g/mol. The molecule has 11 heteroatoms. The first kappa shape index (κ1) is 26.3. The van der Waals surface area contributed by atoms with Gasteiger partial charge in [-0.25, -0.2) is 4.79 Å². The molecule has 0 unspecified atom stereocenters. The topological polar surface area (TPSA) is 104 Å². The Hall–Kier alpha value is -4.35. The van der Waals surface area contributed by atoms with E-state index < -0.39 is 16.0 Å². The number of ether oxygens (including phenoxy) is 4. The Kier molecular flexibility index (Phi) is 7.27. The predicted molar refractivity (Wildman–Crippen MR) is 148 cm³/mol. The van der Waals surface area contributed by atoms with Crippen LogP contribution in [0.1, 0.15) is 20.8 Å². The molecule has 0 saturated carbocycles. The van der Waals surface area contributed by atoms with Crippen molar-refractivity contribution in [3.8, 4) is 23.0 Å². The van der Waals surface area contributed by atoms with Crippen LogP contribution in [-0.4, -0.2) is 41.6 Å². The normalized spacial score (nSPS) is 13.3. The van der Waals surface area contributed by atoms with Crippen molar-refractivity contribution in [1.82, 2.24) is 0 Å². The standard InChI is InChI=1S/C28H24N2O7S2/c1-34-23-15-18(16-24(35-2)26(23)36-3)28(31)37-20-12-10-19(11-13-20)30(17-21-7-6-14-38-21)27-22-8-4-5-9-25(22)39(32,33)29-27/h4-16H,17H2,1-3H3. The molecule has 2 heterocycles. The molecule has 0 fully saturated rings. The number of thiophene rings is 1. The van der Waals surface area contributed by atoms with E-state index in [0.29, 0.717) is 46.6 Å². The molecule has 0 amide bonds. The van der Waals surface area contributed by atoms with E-state index in [1.807, 2.05) is 22.4 Å². The molecule has 1 aliphatic rings. The fraction of sp³-hybridized carbons (Fsp3) is 0.143. The van der Waals surface area contributed by atoms with Gasteiger partial charge in [0.05, 0.1) is 33.4 Å². The maximum atomic E-state index is 12.9. The molecule has 0 aliphatic carbocycles. The Morgan fingerprint density at radius 3 is 2.21 bits per heavy atom. The third kappa shape index (κ3) is 5.18. The number of sulfonamides is 1. The van der Waals surface area contributed by atoms with Crippen molar-refractivity contribution in [2.45, 2.75) is 11.4 Å². The van der Waals surface area contributed by atoms with Gasteiger partial charge in [0.15, 0.2) is 17.3 Å². The highest BCUT2D eigenvalue weighted by atomic mass is 32.2. The van der Waals surface area contributed by atoms with Crippen LogP contribution in [0.25, 0.3) is 0 Å². The number of nitrogens with zero attached hydrogens (tertiary/aromatic N) is 2. The van der Waals surface area contributed by atoms with Crippen molar-refractivity contribution in [1.29, 1.82) is 0 Å². The zero-order chi connectivity index (χ0) is 27.6. The lowest BCUT2D eigenvalue weighted by atomic mass is 10.1. The minimum Gasteiger partial charge on any atom is -0.493 e. The number of methoxy groups -OCH3 is 3. The smallest absolute Gasteiger partial charge is 0.343 e. The molecule has 9 nitrogen and oxygen atoms in total. The number of benzene rings is 3. The largest absolute Gasteiger partial charge is 0.493 e. The van der Waals surface area contributed by atoms with E-state index in [9.17, 15) is 13.2 Å². The summed E-state index contributed by atoms with van der Waals surface area (Å²) in [6, 6.07) is 20.5. The summed E-state index contributed by atoms with van der Waals surface area (Å²) in [5, 5.41) is 1.96. The summed E-state index contributed by atoms with van der Waals surface area (Å²) in [6.45, 7) is 0.408. The van der Waals surface area contributed by atoms with Gasteiger partial charge in [0.2, 0.25) is 5.75 Å². The number of carbonyl (C=O) groups is 1. The van der Waals surface area contributed by atoms with E-state index in [0.717, 1.165) is 4.88 Å². The van der Waals surface area contributed by atoms with Gasteiger partial charge in [-0.05, 0) is 60.0 Å². The lowest BCUT2D eigenvalue weighted by Gasteiger charge is -2.24. The Labute approximate surface area is 229 Å². The van der Waals surface area contributed by atoms with Crippen LogP contribution in [0.5, 0.6) is 23.0 Å². The zero-order valence-corrected chi connectivity index (χ0v) is 22.9. The number of esters is 1. The fourth-order valence-electron chi connectivity index (χ4n) is 4.19. The van der Waals surface area contributed by atoms with E-state index in [2.05, 4.69) is 4.40 Å². The van der Waals surface area contributed by atoms with E-state index >= 15 is 0 Å². The van der Waals surface area contributed by atoms with Crippen molar-refractivity contribution >= 4 is 38.9 Å². The Morgan fingerprint density at radius 2 is 1.59 bits per heavy atom. The quantitative estimate of drug-likeness (QED) is 0.214. The number of hydrogen-bond acceptors (Lipinski definition) is 9. The van der Waals surface area contributed by atoms with Gasteiger partial charge in [-0.15, -0.1) is 15.7 Å². The highest BCUT2D eigenvalue weighted by Gasteiger charge is 2.32. The molecule has 5 rings (SSSR count). The third-order valence-electron chi connectivity index (χ3n) is 6.02. The lowest BCUT2D eigenvalue weighted by molar-refractivity contribution is 0.0734. The molecule has 0 spiro atoms. The van der Waals surface area contributed by atoms with Crippen molar-refractivity contribution in [3.05, 3.63) is 94.2 Å². The van der Waals surface area contributed by atoms with Crippen LogP contribution in [0.15, 0.2) is 87.5 Å². The van der Waals surface area contributed by atoms with E-state index in [4.69, 9.17) is 18.9 Å². The summed E-state index contributed by atoms with van der Waals surface area (Å²) in [5.74, 6) is 1.05. The van der Waals surface area contributed by atoms with Gasteiger partial charge in [-0.3, -0.25) is 0 Å². The second kappa shape index (κ2) is 10.8. The number of anilines is 1. The van der Waals surface area contributed by atoms with Crippen LogP contribution in [-0.2, 0) is 16.6 Å². The van der Waals surface area contributed by atoms with Gasteiger partial charge < -0.3 is 23.8 Å². The molecule has 4 aromatic rings. The first-order valence-corrected chi connectivity index (χ1v) is 14.0. The summed E-state index contributed by atoms with van der Waals surface area (Å²) < 4.78 is 51.1. The van der Waals surface area contributed by atoms with Crippen LogP contribution in [0, 0.1) is 0 Å². The molecular weight excluding hydrogens is 540 g/mol. The summed E-state index contributed by atoms with van der Waals surface area (Å²) in [6.07, 6.45) is 0. The second-order valence-corrected chi connectivity index (χ2v) is 11.0. The second-order valence-electron chi connectivity index (χ2n) is 8.35. The van der Waals surface area contributed by atoms with E-state index in [1.165, 1.54) is 33.5 Å². The molecular formula is C28H24N2O7S2. The molecule has 1 aromatic heterocycles. The van der Waals surface area contributed by atoms with E-state index in [1.54, 1.807) is 59.9 Å². The fourth-order valence-corrected chi connectivity index (χ4v) is 6.09. The van der Waals surface area contributed by atoms with Gasteiger partial charge in [-0.1, -0.05) is 18.2 Å². The first-order valence-electron chi connectivity index (χ1n) is 11.7. The third-order valence-corrected chi connectivity index (χ3v) is 8.21. The first-order chi connectivity index (χ1) is 18.8.